The number of morpholine rings is 1. The van der Waals surface area contributed by atoms with Crippen LogP contribution in [0.3, 0.4) is 0 Å². The number of ketones is 1. The average Bonchev–Trinajstić information content (AvgIpc) is 3.87. The van der Waals surface area contributed by atoms with Gasteiger partial charge in [0.2, 0.25) is 23.6 Å². The summed E-state index contributed by atoms with van der Waals surface area (Å²) in [6.07, 6.45) is 0.372. The van der Waals surface area contributed by atoms with Gasteiger partial charge in [0.15, 0.2) is 5.78 Å². The zero-order chi connectivity index (χ0) is 37.7. The Morgan fingerprint density at radius 2 is 1.27 bits per heavy atom. The molecular formula is C37H49F2N5O8. The summed E-state index contributed by atoms with van der Waals surface area (Å²) in [6.45, 7) is 3.23. The van der Waals surface area contributed by atoms with Crippen molar-refractivity contribution in [1.29, 1.82) is 0 Å². The van der Waals surface area contributed by atoms with Gasteiger partial charge in [-0.1, -0.05) is 74.5 Å². The van der Waals surface area contributed by atoms with Crippen molar-refractivity contribution in [3.8, 4) is 0 Å². The molecule has 5 atom stereocenters. The molecule has 0 aliphatic carbocycles. The largest absolute Gasteiger partial charge is 0.379 e. The standard InChI is InChI=1S/C37H49F2N5O8/c1-24(2)18-28(42-35(49)30(22-51-36(38)39)40-31(45)21-44-14-16-50-17-15-44)33(47)43-29(20-26-12-8-5-9-13-26)34(48)41-27(32(46)37(3)23-52-37)19-25-10-6-4-7-11-25/h4-13,24,27-30,36H,14-23H2,1-3H3,(H,40,45)(H,41,48)(H,42,49)(H,43,47)/t27-,28-,29-,30-,37+/m0/s1. The maximum Gasteiger partial charge on any atom is 0.345 e. The fraction of sp³-hybridized carbons (Fsp3) is 0.541. The first-order chi connectivity index (χ1) is 24.8. The molecule has 2 heterocycles. The van der Waals surface area contributed by atoms with Crippen LogP contribution in [0, 0.1) is 5.92 Å². The topological polar surface area (TPSA) is 168 Å². The fourth-order valence-electron chi connectivity index (χ4n) is 5.81. The Morgan fingerprint density at radius 1 is 0.769 bits per heavy atom. The van der Waals surface area contributed by atoms with Crippen LogP contribution in [0.4, 0.5) is 8.78 Å². The Kier molecular flexibility index (Phi) is 15.2. The van der Waals surface area contributed by atoms with Crippen molar-refractivity contribution >= 4 is 29.4 Å². The molecule has 4 amide bonds. The Labute approximate surface area is 302 Å². The first kappa shape index (κ1) is 40.5. The van der Waals surface area contributed by atoms with Crippen LogP contribution >= 0.6 is 0 Å². The van der Waals surface area contributed by atoms with E-state index in [2.05, 4.69) is 26.0 Å². The van der Waals surface area contributed by atoms with E-state index in [0.29, 0.717) is 26.3 Å². The van der Waals surface area contributed by atoms with Crippen LogP contribution in [0.5, 0.6) is 0 Å². The molecule has 0 unspecified atom stereocenters. The summed E-state index contributed by atoms with van der Waals surface area (Å²) in [5.41, 5.74) is 0.513. The minimum atomic E-state index is -3.20. The Bertz CT molecular complexity index is 1490. The highest BCUT2D eigenvalue weighted by molar-refractivity contribution is 5.99. The van der Waals surface area contributed by atoms with Gasteiger partial charge in [0, 0.05) is 19.5 Å². The van der Waals surface area contributed by atoms with Crippen LogP contribution in [0.25, 0.3) is 0 Å². The second-order valence-corrected chi connectivity index (χ2v) is 13.7. The minimum absolute atomic E-state index is 0.0588. The molecule has 2 aliphatic heterocycles. The van der Waals surface area contributed by atoms with Crippen LogP contribution in [-0.2, 0) is 51.0 Å². The summed E-state index contributed by atoms with van der Waals surface area (Å²) in [4.78, 5) is 69.5. The van der Waals surface area contributed by atoms with E-state index in [-0.39, 0.29) is 44.1 Å². The van der Waals surface area contributed by atoms with Gasteiger partial charge in [0.05, 0.1) is 39.0 Å². The molecule has 2 aliphatic rings. The lowest BCUT2D eigenvalue weighted by molar-refractivity contribution is -0.148. The van der Waals surface area contributed by atoms with E-state index in [1.165, 1.54) is 0 Å². The summed E-state index contributed by atoms with van der Waals surface area (Å²) in [6, 6.07) is 13.3. The number of hydrogen-bond acceptors (Lipinski definition) is 9. The molecule has 0 spiro atoms. The third-order valence-corrected chi connectivity index (χ3v) is 8.78. The number of epoxide rings is 1. The Hall–Kier alpha value is -4.31. The van der Waals surface area contributed by atoms with Gasteiger partial charge in [-0.2, -0.15) is 8.78 Å². The molecule has 2 aromatic carbocycles. The van der Waals surface area contributed by atoms with E-state index >= 15 is 0 Å². The normalized spacial score (nSPS) is 19.6. The van der Waals surface area contributed by atoms with Crippen LogP contribution < -0.4 is 21.3 Å². The van der Waals surface area contributed by atoms with Gasteiger partial charge in [0.1, 0.15) is 23.7 Å². The lowest BCUT2D eigenvalue weighted by Crippen LogP contribution is -2.60. The number of rotatable bonds is 20. The number of alkyl halides is 2. The van der Waals surface area contributed by atoms with Gasteiger partial charge in [-0.25, -0.2) is 0 Å². The zero-order valence-corrected chi connectivity index (χ0v) is 29.8. The van der Waals surface area contributed by atoms with Gasteiger partial charge in [-0.3, -0.25) is 28.9 Å². The number of nitrogens with zero attached hydrogens (tertiary/aromatic N) is 1. The first-order valence-corrected chi connectivity index (χ1v) is 17.5. The monoisotopic (exact) mass is 729 g/mol. The van der Waals surface area contributed by atoms with Crippen molar-refractivity contribution < 1.29 is 47.0 Å². The van der Waals surface area contributed by atoms with Gasteiger partial charge < -0.3 is 35.5 Å². The average molecular weight is 730 g/mol. The third-order valence-electron chi connectivity index (χ3n) is 8.78. The van der Waals surface area contributed by atoms with E-state index in [4.69, 9.17) is 9.47 Å². The molecule has 2 saturated heterocycles. The molecule has 0 radical (unpaired) electrons. The van der Waals surface area contributed by atoms with E-state index in [9.17, 15) is 32.8 Å². The van der Waals surface area contributed by atoms with Crippen molar-refractivity contribution in [2.75, 3.05) is 46.1 Å². The van der Waals surface area contributed by atoms with E-state index in [1.807, 2.05) is 50.2 Å². The summed E-state index contributed by atoms with van der Waals surface area (Å²) in [5.74, 6) is -3.26. The number of halogens is 2. The SMILES string of the molecule is CC(C)C[C@H](NC(=O)[C@H](COC(F)F)NC(=O)CN1CCOCC1)C(=O)N[C@@H](Cc1ccccc1)C(=O)N[C@@H](Cc1ccccc1)C(=O)[C@@]1(C)CO1. The van der Waals surface area contributed by atoms with E-state index in [1.54, 1.807) is 36.1 Å². The summed E-state index contributed by atoms with van der Waals surface area (Å²) in [5, 5.41) is 10.6. The highest BCUT2D eigenvalue weighted by atomic mass is 19.3. The molecule has 284 valence electrons. The number of benzene rings is 2. The number of ether oxygens (including phenoxy) is 3. The molecule has 2 fully saturated rings. The van der Waals surface area contributed by atoms with Crippen molar-refractivity contribution in [3.05, 3.63) is 71.8 Å². The predicted octanol–water partition coefficient (Wildman–Crippen LogP) is 1.39. The molecule has 4 rings (SSSR count). The van der Waals surface area contributed by atoms with Crippen LogP contribution in [-0.4, -0.2) is 117 Å². The minimum Gasteiger partial charge on any atom is -0.379 e. The van der Waals surface area contributed by atoms with Crippen molar-refractivity contribution in [3.63, 3.8) is 0 Å². The number of carbonyl (C=O) groups is 5. The fourth-order valence-corrected chi connectivity index (χ4v) is 5.81. The highest BCUT2D eigenvalue weighted by Gasteiger charge is 2.50. The molecule has 4 N–H and O–H groups in total. The Morgan fingerprint density at radius 3 is 1.81 bits per heavy atom. The van der Waals surface area contributed by atoms with Crippen LogP contribution in [0.2, 0.25) is 0 Å². The van der Waals surface area contributed by atoms with Gasteiger partial charge in [0.25, 0.3) is 0 Å². The van der Waals surface area contributed by atoms with Gasteiger partial charge in [-0.05, 0) is 36.8 Å². The first-order valence-electron chi connectivity index (χ1n) is 17.5. The maximum absolute atomic E-state index is 14.0. The lowest BCUT2D eigenvalue weighted by Gasteiger charge is -2.28. The molecule has 52 heavy (non-hydrogen) atoms. The summed E-state index contributed by atoms with van der Waals surface area (Å²) < 4.78 is 41.2. The number of amides is 4. The molecular weight excluding hydrogens is 680 g/mol. The van der Waals surface area contributed by atoms with Gasteiger partial charge in [-0.15, -0.1) is 0 Å². The van der Waals surface area contributed by atoms with Crippen LogP contribution in [0.1, 0.15) is 38.3 Å². The maximum atomic E-state index is 14.0. The van der Waals surface area contributed by atoms with Crippen molar-refractivity contribution in [2.45, 2.75) is 76.4 Å². The smallest absolute Gasteiger partial charge is 0.345 e. The predicted molar refractivity (Wildman–Crippen MR) is 186 cm³/mol. The molecule has 0 saturated carbocycles. The van der Waals surface area contributed by atoms with E-state index in [0.717, 1.165) is 11.1 Å². The molecule has 15 heteroatoms. The number of carbonyl (C=O) groups excluding carboxylic acids is 5. The molecule has 2 aromatic rings. The van der Waals surface area contributed by atoms with Crippen molar-refractivity contribution in [2.24, 2.45) is 5.92 Å². The highest BCUT2D eigenvalue weighted by Crippen LogP contribution is 2.29. The second-order valence-electron chi connectivity index (χ2n) is 13.7. The quantitative estimate of drug-likeness (QED) is 0.147. The number of Topliss-reactive ketones (excluding diaryl/α,β-unsaturated/α-hetero) is 1. The molecule has 0 aromatic heterocycles. The third kappa shape index (κ3) is 13.0. The van der Waals surface area contributed by atoms with Crippen LogP contribution in [0.15, 0.2) is 60.7 Å². The van der Waals surface area contributed by atoms with Gasteiger partial charge >= 0.3 is 6.61 Å². The number of hydrogen-bond donors (Lipinski definition) is 4. The number of nitrogens with one attached hydrogen (secondary N) is 4. The Balaban J connectivity index is 1.51. The second kappa shape index (κ2) is 19.5. The lowest BCUT2D eigenvalue weighted by atomic mass is 9.94. The molecule has 13 nitrogen and oxygen atoms in total. The summed E-state index contributed by atoms with van der Waals surface area (Å²) >= 11 is 0. The zero-order valence-electron chi connectivity index (χ0n) is 29.8. The van der Waals surface area contributed by atoms with Crippen molar-refractivity contribution in [1.82, 2.24) is 26.2 Å². The summed E-state index contributed by atoms with van der Waals surface area (Å²) in [7, 11) is 0. The molecule has 0 bridgehead atoms. The van der Waals surface area contributed by atoms with E-state index < -0.39 is 66.6 Å².